The normalized spacial score (nSPS) is 13.5. The molecule has 42 heavy (non-hydrogen) atoms. The molecule has 12 heteroatoms. The Morgan fingerprint density at radius 3 is 2.14 bits per heavy atom. The summed E-state index contributed by atoms with van der Waals surface area (Å²) in [6, 6.07) is 6.08. The highest BCUT2D eigenvalue weighted by molar-refractivity contribution is 5.77. The Kier molecular flexibility index (Phi) is 26.5. The molecule has 0 bridgehead atoms. The van der Waals surface area contributed by atoms with Crippen molar-refractivity contribution >= 4 is 18.2 Å². The highest BCUT2D eigenvalue weighted by Crippen LogP contribution is 2.24. The molecular weight excluding hydrogens is 542 g/mol. The Morgan fingerprint density at radius 2 is 1.62 bits per heavy atom. The fourth-order valence-corrected chi connectivity index (χ4v) is 3.52. The van der Waals surface area contributed by atoms with Crippen molar-refractivity contribution in [2.45, 2.75) is 53.0 Å². The van der Waals surface area contributed by atoms with Crippen LogP contribution in [-0.2, 0) is 41.5 Å². The standard InChI is InChI=1S/C21H35N3O5.C4H8N2.C3H6O2.C2H6/c22-6-1-9-29-20-4-2-18-3-5-21(25)24(17-19(18)16-20)8-11-27-13-15-28-14-12-26-10-7-23;1-2-5-4-6-3-1;1-3(4)5-2;1-2/h2,4,16H,1,3,5-15,17,22-23H2;4H,1-3H2,(H,5,6);1-2H3;1-2H3. The predicted octanol–water partition coefficient (Wildman–Crippen LogP) is 1.91. The average molecular weight is 598 g/mol. The molecule has 242 valence electrons. The molecule has 5 N–H and O–H groups in total. The van der Waals surface area contributed by atoms with Gasteiger partial charge in [0.25, 0.3) is 0 Å². The van der Waals surface area contributed by atoms with Gasteiger partial charge >= 0.3 is 5.97 Å². The summed E-state index contributed by atoms with van der Waals surface area (Å²) in [5.74, 6) is 0.740. The van der Waals surface area contributed by atoms with E-state index in [1.807, 2.05) is 30.9 Å². The van der Waals surface area contributed by atoms with Gasteiger partial charge in [-0.15, -0.1) is 0 Å². The topological polar surface area (TPSA) is 160 Å². The van der Waals surface area contributed by atoms with E-state index in [0.29, 0.717) is 78.8 Å². The number of fused-ring (bicyclic) bond motifs is 1. The lowest BCUT2D eigenvalue weighted by molar-refractivity contribution is -0.138. The summed E-state index contributed by atoms with van der Waals surface area (Å²) in [4.78, 5) is 27.8. The molecule has 0 aromatic heterocycles. The number of hydrogen-bond acceptors (Lipinski definition) is 11. The number of ether oxygens (including phenoxy) is 5. The number of methoxy groups -OCH3 is 1. The van der Waals surface area contributed by atoms with E-state index in [1.165, 1.54) is 26.0 Å². The second-order valence-electron chi connectivity index (χ2n) is 8.90. The summed E-state index contributed by atoms with van der Waals surface area (Å²) in [6.45, 7) is 13.5. The quantitative estimate of drug-likeness (QED) is 0.201. The van der Waals surface area contributed by atoms with Crippen molar-refractivity contribution in [1.82, 2.24) is 10.2 Å². The highest BCUT2D eigenvalue weighted by Gasteiger charge is 2.20. The number of esters is 1. The molecule has 1 aromatic rings. The van der Waals surface area contributed by atoms with Gasteiger partial charge in [-0.05, 0) is 49.1 Å². The van der Waals surface area contributed by atoms with Crippen LogP contribution in [0.25, 0.3) is 0 Å². The summed E-state index contributed by atoms with van der Waals surface area (Å²) in [7, 11) is 1.35. The second kappa shape index (κ2) is 28.4. The highest BCUT2D eigenvalue weighted by atomic mass is 16.5. The zero-order valence-corrected chi connectivity index (χ0v) is 26.2. The third-order valence-corrected chi connectivity index (χ3v) is 5.71. The molecule has 0 atom stereocenters. The lowest BCUT2D eigenvalue weighted by Gasteiger charge is -2.21. The third-order valence-electron chi connectivity index (χ3n) is 5.71. The summed E-state index contributed by atoms with van der Waals surface area (Å²) < 4.78 is 26.1. The molecule has 0 unspecified atom stereocenters. The van der Waals surface area contributed by atoms with Gasteiger partial charge in [-0.2, -0.15) is 0 Å². The van der Waals surface area contributed by atoms with Crippen LogP contribution in [0, 0.1) is 0 Å². The molecule has 2 aliphatic rings. The summed E-state index contributed by atoms with van der Waals surface area (Å²) in [5, 5.41) is 2.99. The maximum absolute atomic E-state index is 12.4. The molecule has 2 aliphatic heterocycles. The molecule has 0 saturated carbocycles. The SMILES string of the molecule is C1=NCCCN1.CC.COC(C)=O.NCCCOc1ccc2c(c1)CN(CCOCCOCCOCCN)C(=O)CC2. The van der Waals surface area contributed by atoms with Crippen LogP contribution < -0.4 is 21.5 Å². The fraction of sp³-hybridized carbons (Fsp3) is 0.700. The van der Waals surface area contributed by atoms with Gasteiger partial charge in [-0.1, -0.05) is 19.9 Å². The van der Waals surface area contributed by atoms with E-state index in [1.54, 1.807) is 6.34 Å². The number of hydrogen-bond donors (Lipinski definition) is 3. The predicted molar refractivity (Wildman–Crippen MR) is 166 cm³/mol. The molecule has 1 amide bonds. The number of nitrogens with two attached hydrogens (primary N) is 2. The Balaban J connectivity index is 0.00000107. The van der Waals surface area contributed by atoms with E-state index in [2.05, 4.69) is 21.1 Å². The molecule has 2 heterocycles. The Hall–Kier alpha value is -2.77. The van der Waals surface area contributed by atoms with Crippen molar-refractivity contribution in [2.75, 3.05) is 86.1 Å². The first-order valence-electron chi connectivity index (χ1n) is 14.9. The van der Waals surface area contributed by atoms with Crippen molar-refractivity contribution in [3.05, 3.63) is 29.3 Å². The van der Waals surface area contributed by atoms with Crippen molar-refractivity contribution in [1.29, 1.82) is 0 Å². The maximum Gasteiger partial charge on any atom is 0.302 e. The molecular formula is C30H55N5O7. The molecule has 0 aliphatic carbocycles. The smallest absolute Gasteiger partial charge is 0.302 e. The molecule has 1 aromatic carbocycles. The van der Waals surface area contributed by atoms with Crippen molar-refractivity contribution in [3.8, 4) is 5.75 Å². The molecule has 3 rings (SSSR count). The summed E-state index contributed by atoms with van der Waals surface area (Å²) in [5.41, 5.74) is 13.2. The molecule has 0 saturated heterocycles. The zero-order chi connectivity index (χ0) is 31.3. The van der Waals surface area contributed by atoms with Gasteiger partial charge in [0, 0.05) is 46.1 Å². The van der Waals surface area contributed by atoms with Crippen LogP contribution in [0.4, 0.5) is 0 Å². The number of amides is 1. The Labute approximate surface area is 252 Å². The van der Waals surface area contributed by atoms with Gasteiger partial charge in [0.15, 0.2) is 0 Å². The third kappa shape index (κ3) is 21.0. The fourth-order valence-electron chi connectivity index (χ4n) is 3.52. The number of carbonyl (C=O) groups is 2. The number of nitrogens with one attached hydrogen (secondary N) is 1. The number of aliphatic imine (C=N–C) groups is 1. The van der Waals surface area contributed by atoms with Crippen LogP contribution in [0.1, 0.15) is 51.2 Å². The largest absolute Gasteiger partial charge is 0.494 e. The van der Waals surface area contributed by atoms with Crippen LogP contribution in [-0.4, -0.2) is 109 Å². The average Bonchev–Trinajstić information content (AvgIpc) is 3.18. The lowest BCUT2D eigenvalue weighted by Crippen LogP contribution is -2.32. The summed E-state index contributed by atoms with van der Waals surface area (Å²) in [6.07, 6.45) is 5.06. The van der Waals surface area contributed by atoms with E-state index in [-0.39, 0.29) is 11.9 Å². The number of nitrogens with zero attached hydrogens (tertiary/aromatic N) is 2. The van der Waals surface area contributed by atoms with Gasteiger partial charge in [0.2, 0.25) is 5.91 Å². The second-order valence-corrected chi connectivity index (χ2v) is 8.90. The van der Waals surface area contributed by atoms with Crippen LogP contribution in [0.3, 0.4) is 0 Å². The monoisotopic (exact) mass is 597 g/mol. The van der Waals surface area contributed by atoms with E-state index >= 15 is 0 Å². The Bertz CT molecular complexity index is 834. The van der Waals surface area contributed by atoms with Gasteiger partial charge < -0.3 is 45.4 Å². The zero-order valence-electron chi connectivity index (χ0n) is 26.2. The van der Waals surface area contributed by atoms with Gasteiger partial charge in [0.1, 0.15) is 5.75 Å². The van der Waals surface area contributed by atoms with Crippen LogP contribution >= 0.6 is 0 Å². The van der Waals surface area contributed by atoms with E-state index < -0.39 is 0 Å². The van der Waals surface area contributed by atoms with Crippen LogP contribution in [0.5, 0.6) is 5.75 Å². The van der Waals surface area contributed by atoms with E-state index in [4.69, 9.17) is 30.4 Å². The Morgan fingerprint density at radius 1 is 0.952 bits per heavy atom. The maximum atomic E-state index is 12.4. The van der Waals surface area contributed by atoms with Gasteiger partial charge in [-0.25, -0.2) is 0 Å². The van der Waals surface area contributed by atoms with Crippen LogP contribution in [0.2, 0.25) is 0 Å². The number of aryl methyl sites for hydroxylation is 1. The first-order chi connectivity index (χ1) is 20.5. The number of carbonyl (C=O) groups excluding carboxylic acids is 2. The minimum Gasteiger partial charge on any atom is -0.494 e. The molecule has 0 fully saturated rings. The van der Waals surface area contributed by atoms with Crippen LogP contribution in [0.15, 0.2) is 23.2 Å². The lowest BCUT2D eigenvalue weighted by atomic mass is 10.0. The first-order valence-corrected chi connectivity index (χ1v) is 14.9. The van der Waals surface area contributed by atoms with Gasteiger partial charge in [-0.3, -0.25) is 14.6 Å². The summed E-state index contributed by atoms with van der Waals surface area (Å²) >= 11 is 0. The minimum atomic E-state index is -0.245. The molecule has 0 radical (unpaired) electrons. The van der Waals surface area contributed by atoms with Crippen molar-refractivity contribution in [3.63, 3.8) is 0 Å². The van der Waals surface area contributed by atoms with E-state index in [9.17, 15) is 9.59 Å². The minimum absolute atomic E-state index is 0.156. The number of benzene rings is 1. The first kappa shape index (κ1) is 39.2. The van der Waals surface area contributed by atoms with Gasteiger partial charge in [0.05, 0.1) is 59.7 Å². The van der Waals surface area contributed by atoms with Crippen molar-refractivity contribution in [2.24, 2.45) is 16.5 Å². The van der Waals surface area contributed by atoms with E-state index in [0.717, 1.165) is 37.2 Å². The molecule has 12 nitrogen and oxygen atoms in total. The van der Waals surface area contributed by atoms with Crippen molar-refractivity contribution < 1.29 is 33.3 Å². The number of rotatable bonds is 15. The molecule has 0 spiro atoms.